The van der Waals surface area contributed by atoms with Gasteiger partial charge in [-0.3, -0.25) is 0 Å². The quantitative estimate of drug-likeness (QED) is 0.191. The maximum Gasteiger partial charge on any atom is 0.159 e. The molecule has 9 aromatic rings. The van der Waals surface area contributed by atoms with Crippen LogP contribution in [0.5, 0.6) is 0 Å². The van der Waals surface area contributed by atoms with E-state index in [2.05, 4.69) is 152 Å². The highest BCUT2D eigenvalue weighted by Gasteiger charge is 2.21. The largest absolute Gasteiger partial charge is 0.309 e. The van der Waals surface area contributed by atoms with Gasteiger partial charge in [0, 0.05) is 49.6 Å². The van der Waals surface area contributed by atoms with Crippen molar-refractivity contribution in [3.63, 3.8) is 0 Å². The van der Waals surface area contributed by atoms with E-state index < -0.39 is 0 Å². The zero-order valence-electron chi connectivity index (χ0n) is 29.3. The molecule has 0 aliphatic carbocycles. The molecule has 242 valence electrons. The van der Waals surface area contributed by atoms with E-state index in [4.69, 9.17) is 9.97 Å². The number of aromatic nitrogens is 4. The summed E-state index contributed by atoms with van der Waals surface area (Å²) in [5, 5.41) is 5.05. The van der Waals surface area contributed by atoms with Crippen molar-refractivity contribution in [1.82, 2.24) is 19.1 Å². The molecule has 0 saturated carbocycles. The third kappa shape index (κ3) is 4.74. The molecule has 0 bridgehead atoms. The van der Waals surface area contributed by atoms with E-state index in [0.717, 1.165) is 45.3 Å². The highest BCUT2D eigenvalue weighted by Crippen LogP contribution is 2.42. The summed E-state index contributed by atoms with van der Waals surface area (Å²) >= 11 is 0. The first-order valence-corrected chi connectivity index (χ1v) is 17.3. The molecule has 3 aromatic heterocycles. The highest BCUT2D eigenvalue weighted by atomic mass is 15.0. The Morgan fingerprint density at radius 2 is 0.800 bits per heavy atom. The van der Waals surface area contributed by atoms with E-state index in [1.54, 1.807) is 0 Å². The van der Waals surface area contributed by atoms with E-state index in [-0.39, 0.29) is 0 Å². The van der Waals surface area contributed by atoms with Crippen LogP contribution in [0.1, 0.15) is 33.6 Å². The van der Waals surface area contributed by atoms with Crippen LogP contribution in [0.3, 0.4) is 0 Å². The van der Waals surface area contributed by atoms with Crippen molar-refractivity contribution in [2.45, 2.75) is 41.5 Å². The lowest BCUT2D eigenvalue weighted by Gasteiger charge is -2.19. The molecule has 3 heterocycles. The van der Waals surface area contributed by atoms with Gasteiger partial charge < -0.3 is 9.13 Å². The maximum atomic E-state index is 4.89. The second-order valence-electron chi connectivity index (χ2n) is 14.0. The first-order valence-electron chi connectivity index (χ1n) is 17.3. The molecule has 50 heavy (non-hydrogen) atoms. The molecular formula is C46H38N4. The minimum absolute atomic E-state index is 0.740. The SMILES string of the molecule is Cc1ccc2c(c1)c1cc(C)ccc1n2-c1ccccc1-c1ccc(-c2nc(C)cc(C)n2)cc1-n1c2ccc(C)cc2c2cc(C)ccc21. The smallest absolute Gasteiger partial charge is 0.159 e. The lowest BCUT2D eigenvalue weighted by atomic mass is 9.98. The fraction of sp³-hybridized carbons (Fsp3) is 0.130. The Morgan fingerprint density at radius 1 is 0.380 bits per heavy atom. The number of hydrogen-bond donors (Lipinski definition) is 0. The molecule has 0 saturated heterocycles. The zero-order chi connectivity index (χ0) is 34.3. The molecule has 0 unspecified atom stereocenters. The van der Waals surface area contributed by atoms with Gasteiger partial charge in [0.1, 0.15) is 0 Å². The molecule has 0 N–H and O–H groups in total. The molecule has 4 heteroatoms. The van der Waals surface area contributed by atoms with Crippen molar-refractivity contribution in [2.75, 3.05) is 0 Å². The topological polar surface area (TPSA) is 35.6 Å². The van der Waals surface area contributed by atoms with Crippen LogP contribution in [0.25, 0.3) is 77.5 Å². The number of para-hydroxylation sites is 1. The lowest BCUT2D eigenvalue weighted by Crippen LogP contribution is -2.03. The molecular weight excluding hydrogens is 609 g/mol. The van der Waals surface area contributed by atoms with Gasteiger partial charge in [0.15, 0.2) is 5.82 Å². The number of rotatable bonds is 4. The van der Waals surface area contributed by atoms with Gasteiger partial charge >= 0.3 is 0 Å². The van der Waals surface area contributed by atoms with Gasteiger partial charge in [0.05, 0.1) is 33.4 Å². The Hall–Kier alpha value is -6.00. The maximum absolute atomic E-state index is 4.89. The van der Waals surface area contributed by atoms with E-state index in [1.165, 1.54) is 65.9 Å². The van der Waals surface area contributed by atoms with Crippen LogP contribution in [0.15, 0.2) is 121 Å². The van der Waals surface area contributed by atoms with E-state index >= 15 is 0 Å². The van der Waals surface area contributed by atoms with Crippen molar-refractivity contribution >= 4 is 43.6 Å². The molecule has 0 amide bonds. The number of fused-ring (bicyclic) bond motifs is 6. The average Bonchev–Trinajstić information content (AvgIpc) is 3.58. The van der Waals surface area contributed by atoms with Crippen molar-refractivity contribution < 1.29 is 0 Å². The molecule has 4 nitrogen and oxygen atoms in total. The second kappa shape index (κ2) is 11.3. The predicted molar refractivity (Wildman–Crippen MR) is 210 cm³/mol. The highest BCUT2D eigenvalue weighted by molar-refractivity contribution is 6.12. The second-order valence-corrected chi connectivity index (χ2v) is 14.0. The number of nitrogens with zero attached hydrogens (tertiary/aromatic N) is 4. The molecule has 0 aliphatic heterocycles. The van der Waals surface area contributed by atoms with E-state index in [0.29, 0.717) is 0 Å². The fourth-order valence-electron chi connectivity index (χ4n) is 7.86. The Balaban J connectivity index is 1.40. The first-order chi connectivity index (χ1) is 24.2. The summed E-state index contributed by atoms with van der Waals surface area (Å²) in [6.45, 7) is 12.8. The van der Waals surface area contributed by atoms with Gasteiger partial charge in [-0.05, 0) is 108 Å². The first kappa shape index (κ1) is 30.1. The predicted octanol–water partition coefficient (Wildman–Crippen LogP) is 11.9. The molecule has 9 rings (SSSR count). The number of benzene rings is 6. The summed E-state index contributed by atoms with van der Waals surface area (Å²) in [6, 6.07) is 44.9. The fourth-order valence-corrected chi connectivity index (χ4v) is 7.86. The summed E-state index contributed by atoms with van der Waals surface area (Å²) in [5.41, 5.74) is 17.2. The van der Waals surface area contributed by atoms with Gasteiger partial charge in [-0.2, -0.15) is 0 Å². The monoisotopic (exact) mass is 646 g/mol. The third-order valence-electron chi connectivity index (χ3n) is 10.1. The van der Waals surface area contributed by atoms with Crippen LogP contribution in [0.4, 0.5) is 0 Å². The Kier molecular flexibility index (Phi) is 6.79. The molecule has 0 fully saturated rings. The van der Waals surface area contributed by atoms with Crippen LogP contribution in [0.2, 0.25) is 0 Å². The standard InChI is InChI=1S/C46H38N4/c1-27-11-17-41-36(21-27)37-22-28(2)12-18-42(37)49(41)40-10-8-7-9-34(40)35-16-15-33(46-47-31(5)25-32(6)48-46)26-45(35)50-43-19-13-29(3)23-38(43)39-24-30(4)14-20-44(39)50/h7-26H,1-6H3. The summed E-state index contributed by atoms with van der Waals surface area (Å²) in [6.07, 6.45) is 0. The van der Waals surface area contributed by atoms with E-state index in [9.17, 15) is 0 Å². The average molecular weight is 647 g/mol. The lowest BCUT2D eigenvalue weighted by molar-refractivity contribution is 1.06. The van der Waals surface area contributed by atoms with Gasteiger partial charge in [0.25, 0.3) is 0 Å². The van der Waals surface area contributed by atoms with Gasteiger partial charge in [-0.1, -0.05) is 76.9 Å². The minimum atomic E-state index is 0.740. The van der Waals surface area contributed by atoms with E-state index in [1.807, 2.05) is 19.9 Å². The summed E-state index contributed by atoms with van der Waals surface area (Å²) in [5.74, 6) is 0.740. The molecule has 0 radical (unpaired) electrons. The third-order valence-corrected chi connectivity index (χ3v) is 10.1. The van der Waals surface area contributed by atoms with Crippen LogP contribution in [0, 0.1) is 41.5 Å². The van der Waals surface area contributed by atoms with Crippen molar-refractivity contribution in [1.29, 1.82) is 0 Å². The van der Waals surface area contributed by atoms with Crippen molar-refractivity contribution in [2.24, 2.45) is 0 Å². The Morgan fingerprint density at radius 3 is 1.28 bits per heavy atom. The zero-order valence-corrected chi connectivity index (χ0v) is 29.3. The molecule has 0 atom stereocenters. The molecule has 6 aromatic carbocycles. The summed E-state index contributed by atoms with van der Waals surface area (Å²) in [4.78, 5) is 9.79. The number of aryl methyl sites for hydroxylation is 6. The van der Waals surface area contributed by atoms with Crippen LogP contribution in [-0.2, 0) is 0 Å². The summed E-state index contributed by atoms with van der Waals surface area (Å²) in [7, 11) is 0. The van der Waals surface area contributed by atoms with Gasteiger partial charge in [0.2, 0.25) is 0 Å². The van der Waals surface area contributed by atoms with Crippen molar-refractivity contribution in [3.05, 3.63) is 155 Å². The van der Waals surface area contributed by atoms with Gasteiger partial charge in [-0.25, -0.2) is 9.97 Å². The van der Waals surface area contributed by atoms with Crippen LogP contribution >= 0.6 is 0 Å². The van der Waals surface area contributed by atoms with Crippen molar-refractivity contribution in [3.8, 4) is 33.9 Å². The normalized spacial score (nSPS) is 11.8. The Labute approximate surface area is 292 Å². The van der Waals surface area contributed by atoms with Crippen LogP contribution < -0.4 is 0 Å². The Bertz CT molecular complexity index is 2690. The van der Waals surface area contributed by atoms with Crippen LogP contribution in [-0.4, -0.2) is 19.1 Å². The van der Waals surface area contributed by atoms with Gasteiger partial charge in [-0.15, -0.1) is 0 Å². The molecule has 0 spiro atoms. The number of hydrogen-bond acceptors (Lipinski definition) is 2. The molecule has 0 aliphatic rings. The summed E-state index contributed by atoms with van der Waals surface area (Å²) < 4.78 is 4.89. The minimum Gasteiger partial charge on any atom is -0.309 e.